The Balaban J connectivity index is 1.79. The van der Waals surface area contributed by atoms with Gasteiger partial charge in [0.05, 0.1) is 16.6 Å². The van der Waals surface area contributed by atoms with Crippen LogP contribution in [0.15, 0.2) is 44.0 Å². The van der Waals surface area contributed by atoms with Crippen molar-refractivity contribution < 1.29 is 33.7 Å². The van der Waals surface area contributed by atoms with Crippen LogP contribution in [-0.2, 0) is 20.9 Å². The van der Waals surface area contributed by atoms with Gasteiger partial charge in [0.15, 0.2) is 0 Å². The number of aliphatic hydroxyl groups is 1. The fraction of sp³-hybridized carbons (Fsp3) is 0.606. The molecule has 0 radical (unpaired) electrons. The maximum atomic E-state index is 12.4. The van der Waals surface area contributed by atoms with Crippen molar-refractivity contribution in [2.45, 2.75) is 122 Å². The third kappa shape index (κ3) is 14.4. The number of carbonyl (C=O) groups excluding carboxylic acids is 2. The molecule has 1 aromatic heterocycles. The van der Waals surface area contributed by atoms with Crippen LogP contribution in [0.25, 0.3) is 11.0 Å². The number of phenols is 1. The van der Waals surface area contributed by atoms with Gasteiger partial charge in [-0.2, -0.15) is 0 Å². The van der Waals surface area contributed by atoms with Crippen LogP contribution in [-0.4, -0.2) is 41.0 Å². The second-order valence-corrected chi connectivity index (χ2v) is 11.8. The molecule has 2 rings (SSSR count). The van der Waals surface area contributed by atoms with Gasteiger partial charge in [-0.3, -0.25) is 4.79 Å². The largest absolute Gasteiger partial charge is 0.508 e. The van der Waals surface area contributed by atoms with Gasteiger partial charge in [0.1, 0.15) is 24.5 Å². The van der Waals surface area contributed by atoms with Crippen LogP contribution in [0, 0.1) is 0 Å². The van der Waals surface area contributed by atoms with E-state index >= 15 is 0 Å². The second kappa shape index (κ2) is 21.0. The number of hydrogen-bond donors (Lipinski definition) is 3. The van der Waals surface area contributed by atoms with Gasteiger partial charge in [-0.1, -0.05) is 90.2 Å². The summed E-state index contributed by atoms with van der Waals surface area (Å²) in [6.45, 7) is 3.53. The first-order chi connectivity index (χ1) is 20.7. The maximum absolute atomic E-state index is 12.4. The van der Waals surface area contributed by atoms with Crippen molar-refractivity contribution in [3.05, 3.63) is 50.8 Å². The average Bonchev–Trinajstić information content (AvgIpc) is 2.97. The lowest BCUT2D eigenvalue weighted by Crippen LogP contribution is -2.46. The molecule has 0 aliphatic rings. The van der Waals surface area contributed by atoms with Gasteiger partial charge in [-0.05, 0) is 41.3 Å². The van der Waals surface area contributed by atoms with Crippen molar-refractivity contribution in [1.29, 1.82) is 0 Å². The summed E-state index contributed by atoms with van der Waals surface area (Å²) < 4.78 is 15.9. The molecule has 0 saturated carbocycles. The van der Waals surface area contributed by atoms with E-state index < -0.39 is 23.9 Å². The Morgan fingerprint density at radius 2 is 1.60 bits per heavy atom. The number of halogens is 1. The number of aromatic hydroxyl groups is 1. The molecular weight excluding hydrogens is 618 g/mol. The van der Waals surface area contributed by atoms with Crippen molar-refractivity contribution >= 4 is 39.0 Å². The number of benzene rings is 1. The summed E-state index contributed by atoms with van der Waals surface area (Å²) in [5.74, 6) is -0.353. The van der Waals surface area contributed by atoms with E-state index in [1.807, 2.05) is 13.0 Å². The molecule has 3 N–H and O–H groups in total. The minimum absolute atomic E-state index is 0.101. The summed E-state index contributed by atoms with van der Waals surface area (Å²) in [6, 6.07) is 3.19. The number of carbonyl (C=O) groups is 2. The minimum atomic E-state index is -1.05. The Labute approximate surface area is 263 Å². The molecular formula is C33H48BrNO8. The second-order valence-electron chi connectivity index (χ2n) is 10.9. The molecule has 1 aromatic carbocycles. The Morgan fingerprint density at radius 1 is 0.953 bits per heavy atom. The molecule has 10 heteroatoms. The number of allylic oxidation sites excluding steroid dienone is 1. The van der Waals surface area contributed by atoms with Crippen LogP contribution in [0.5, 0.6) is 5.75 Å². The van der Waals surface area contributed by atoms with Gasteiger partial charge in [0, 0.05) is 29.5 Å². The van der Waals surface area contributed by atoms with Crippen LogP contribution in [0.3, 0.4) is 0 Å². The minimum Gasteiger partial charge on any atom is -0.507 e. The van der Waals surface area contributed by atoms with Gasteiger partial charge >= 0.3 is 11.8 Å². The van der Waals surface area contributed by atoms with E-state index in [1.54, 1.807) is 12.1 Å². The zero-order chi connectivity index (χ0) is 31.5. The van der Waals surface area contributed by atoms with E-state index in [-0.39, 0.29) is 36.9 Å². The molecule has 240 valence electrons. The third-order valence-electron chi connectivity index (χ3n) is 7.17. The first kappa shape index (κ1) is 36.3. The highest BCUT2D eigenvalue weighted by Gasteiger charge is 2.22. The van der Waals surface area contributed by atoms with Crippen molar-refractivity contribution in [3.63, 3.8) is 0 Å². The number of fused-ring (bicyclic) bond motifs is 1. The Kier molecular flexibility index (Phi) is 17.7. The molecule has 1 heterocycles. The summed E-state index contributed by atoms with van der Waals surface area (Å²) in [5, 5.41) is 23.8. The summed E-state index contributed by atoms with van der Waals surface area (Å²) in [7, 11) is 0. The van der Waals surface area contributed by atoms with Gasteiger partial charge in [-0.25, -0.2) is 9.59 Å². The number of phenolic OH excluding ortho intramolecular Hbond substituents is 1. The van der Waals surface area contributed by atoms with Gasteiger partial charge < -0.3 is 29.4 Å². The highest BCUT2D eigenvalue weighted by Crippen LogP contribution is 2.30. The number of ether oxygens (including phenoxy) is 2. The zero-order valence-electron chi connectivity index (χ0n) is 25.6. The van der Waals surface area contributed by atoms with Crippen LogP contribution < -0.4 is 10.9 Å². The van der Waals surface area contributed by atoms with Crippen LogP contribution in [0.4, 0.5) is 4.79 Å². The number of rotatable bonds is 21. The van der Waals surface area contributed by atoms with Gasteiger partial charge in [0.2, 0.25) is 5.91 Å². The fourth-order valence-corrected chi connectivity index (χ4v) is 5.06. The third-order valence-corrected chi connectivity index (χ3v) is 7.80. The van der Waals surface area contributed by atoms with Gasteiger partial charge in [0.25, 0.3) is 0 Å². The normalized spacial score (nSPS) is 12.8. The molecule has 43 heavy (non-hydrogen) atoms. The lowest BCUT2D eigenvalue weighted by atomic mass is 10.0. The van der Waals surface area contributed by atoms with Crippen molar-refractivity contribution in [2.75, 3.05) is 6.61 Å². The first-order valence-corrected chi connectivity index (χ1v) is 16.4. The summed E-state index contributed by atoms with van der Waals surface area (Å²) in [5.41, 5.74) is -0.160. The molecule has 2 atom stereocenters. The Morgan fingerprint density at radius 3 is 2.26 bits per heavy atom. The van der Waals surface area contributed by atoms with E-state index in [9.17, 15) is 24.6 Å². The molecule has 0 fully saturated rings. The van der Waals surface area contributed by atoms with Crippen LogP contribution >= 0.6 is 15.9 Å². The Bertz CT molecular complexity index is 1210. The molecule has 2 aromatic rings. The SMILES string of the molecule is CCCCCCCCCCCCC/C=C/[C@@H](O)[C@H](COC(=O)OCc1cc(=O)oc2cc(O)c(Br)cc12)NC(=O)CCC. The molecule has 9 nitrogen and oxygen atoms in total. The average molecular weight is 667 g/mol. The molecule has 0 saturated heterocycles. The van der Waals surface area contributed by atoms with E-state index in [0.29, 0.717) is 21.8 Å². The number of amides is 1. The predicted molar refractivity (Wildman–Crippen MR) is 171 cm³/mol. The van der Waals surface area contributed by atoms with Crippen LogP contribution in [0.2, 0.25) is 0 Å². The maximum Gasteiger partial charge on any atom is 0.508 e. The monoisotopic (exact) mass is 665 g/mol. The predicted octanol–water partition coefficient (Wildman–Crippen LogP) is 7.82. The topological polar surface area (TPSA) is 135 Å². The molecule has 1 amide bonds. The molecule has 0 aliphatic carbocycles. The fourth-order valence-electron chi connectivity index (χ4n) is 4.72. The lowest BCUT2D eigenvalue weighted by Gasteiger charge is -2.22. The van der Waals surface area contributed by atoms with Gasteiger partial charge in [-0.15, -0.1) is 0 Å². The van der Waals surface area contributed by atoms with E-state index in [4.69, 9.17) is 13.9 Å². The summed E-state index contributed by atoms with van der Waals surface area (Å²) in [4.78, 5) is 36.5. The van der Waals surface area contributed by atoms with Crippen molar-refractivity contribution in [1.82, 2.24) is 5.32 Å². The molecule has 0 aliphatic heterocycles. The van der Waals surface area contributed by atoms with Crippen LogP contribution in [0.1, 0.15) is 109 Å². The first-order valence-electron chi connectivity index (χ1n) is 15.6. The zero-order valence-corrected chi connectivity index (χ0v) is 27.2. The van der Waals surface area contributed by atoms with E-state index in [0.717, 1.165) is 19.3 Å². The lowest BCUT2D eigenvalue weighted by molar-refractivity contribution is -0.123. The molecule has 0 bridgehead atoms. The summed E-state index contributed by atoms with van der Waals surface area (Å²) >= 11 is 3.22. The summed E-state index contributed by atoms with van der Waals surface area (Å²) in [6.07, 6.45) is 17.1. The highest BCUT2D eigenvalue weighted by atomic mass is 79.9. The number of unbranched alkanes of at least 4 members (excludes halogenated alkanes) is 11. The molecule has 0 spiro atoms. The smallest absolute Gasteiger partial charge is 0.507 e. The standard InChI is InChI=1S/C33H48BrNO8/c1-3-5-6-7-8-9-10-11-12-13-14-15-16-18-28(36)27(35-31(38)17-4-2)23-42-33(40)41-22-24-19-32(39)43-30-21-29(37)26(34)20-25(24)30/h16,18-21,27-28,36-37H,3-15,17,22-23H2,1-2H3,(H,35,38)/b18-16+/t27-,28+/m0/s1. The van der Waals surface area contributed by atoms with Crippen molar-refractivity contribution in [3.8, 4) is 5.75 Å². The van der Waals surface area contributed by atoms with E-state index in [2.05, 4.69) is 28.2 Å². The van der Waals surface area contributed by atoms with E-state index in [1.165, 1.54) is 69.9 Å². The quantitative estimate of drug-likeness (QED) is 0.0531. The highest BCUT2D eigenvalue weighted by molar-refractivity contribution is 9.10. The number of nitrogens with one attached hydrogen (secondary N) is 1. The number of aliphatic hydroxyl groups excluding tert-OH is 1. The number of hydrogen-bond acceptors (Lipinski definition) is 8. The Hall–Kier alpha value is -2.85. The molecule has 0 unspecified atom stereocenters. The van der Waals surface area contributed by atoms with Crippen molar-refractivity contribution in [2.24, 2.45) is 0 Å².